The van der Waals surface area contributed by atoms with Crippen molar-refractivity contribution in [2.75, 3.05) is 4.90 Å². The van der Waals surface area contributed by atoms with Crippen LogP contribution >= 0.6 is 34.7 Å². The molecule has 0 spiro atoms. The molecule has 40 heavy (non-hydrogen) atoms. The van der Waals surface area contributed by atoms with Crippen LogP contribution in [0.1, 0.15) is 35.2 Å². The number of ether oxygens (including phenoxy) is 1. The third-order valence-corrected chi connectivity index (χ3v) is 9.18. The van der Waals surface area contributed by atoms with E-state index in [0.717, 1.165) is 28.2 Å². The number of halogens is 1. The third-order valence-electron chi connectivity index (χ3n) is 6.71. The number of fused-ring (bicyclic) bond motifs is 1. The maximum absolute atomic E-state index is 13.5. The molecule has 1 amide bonds. The second-order valence-electron chi connectivity index (χ2n) is 9.45. The van der Waals surface area contributed by atoms with Crippen molar-refractivity contribution in [3.05, 3.63) is 99.6 Å². The minimum Gasteiger partial charge on any atom is -0.508 e. The Bertz CT molecular complexity index is 1690. The molecule has 3 heterocycles. The summed E-state index contributed by atoms with van der Waals surface area (Å²) < 4.78 is 6.35. The quantitative estimate of drug-likeness (QED) is 0.0904. The molecule has 0 saturated carbocycles. The summed E-state index contributed by atoms with van der Waals surface area (Å²) in [7, 11) is 0. The van der Waals surface area contributed by atoms with E-state index in [2.05, 4.69) is 10.2 Å². The van der Waals surface area contributed by atoms with Gasteiger partial charge in [0.05, 0.1) is 11.6 Å². The Labute approximate surface area is 242 Å². The topological polar surface area (TPSA) is 113 Å². The number of anilines is 1. The van der Waals surface area contributed by atoms with Crippen LogP contribution in [0.15, 0.2) is 76.6 Å². The molecule has 0 bridgehead atoms. The largest absolute Gasteiger partial charge is 0.508 e. The van der Waals surface area contributed by atoms with Crippen LogP contribution in [0.25, 0.3) is 5.76 Å². The van der Waals surface area contributed by atoms with Gasteiger partial charge in [-0.1, -0.05) is 65.0 Å². The monoisotopic (exact) mass is 591 g/mol. The standard InChI is InChI=1S/C29H22ClN3O5S2/c1-15-11-19-12-17(9-10-22(19)38-15)25(35)23-24(16-6-4-7-20(34)13-16)33(27(37)26(23)36)28-31-32-29(40-28)39-14-18-5-2-3-8-21(18)30/h2-10,12-13,15,24,34-35H,11,14H2,1H3/b25-23+/t15-,24+/m1/s1. The second-order valence-corrected chi connectivity index (χ2v) is 12.0. The van der Waals surface area contributed by atoms with Gasteiger partial charge in [0.1, 0.15) is 23.4 Å². The molecule has 0 radical (unpaired) electrons. The molecule has 202 valence electrons. The fourth-order valence-electron chi connectivity index (χ4n) is 4.88. The minimum atomic E-state index is -1.02. The van der Waals surface area contributed by atoms with E-state index in [1.54, 1.807) is 30.3 Å². The SMILES string of the molecule is C[C@@H]1Cc2cc(/C(O)=C3\C(=O)C(=O)N(c4nnc(SCc5ccccc5Cl)s4)[C@H]3c3cccc(O)c3)ccc2O1. The Morgan fingerprint density at radius 2 is 1.95 bits per heavy atom. The number of hydrogen-bond acceptors (Lipinski definition) is 9. The molecule has 6 rings (SSSR count). The molecule has 1 aromatic heterocycles. The van der Waals surface area contributed by atoms with Crippen molar-refractivity contribution >= 4 is 57.3 Å². The van der Waals surface area contributed by atoms with Crippen molar-refractivity contribution in [3.8, 4) is 11.5 Å². The van der Waals surface area contributed by atoms with E-state index in [1.807, 2.05) is 31.2 Å². The Balaban J connectivity index is 1.39. The molecule has 2 N–H and O–H groups in total. The number of carbonyl (C=O) groups excluding carboxylic acids is 2. The zero-order chi connectivity index (χ0) is 28.0. The number of benzene rings is 3. The summed E-state index contributed by atoms with van der Waals surface area (Å²) in [5.41, 5.74) is 2.58. The van der Waals surface area contributed by atoms with Gasteiger partial charge in [0.15, 0.2) is 4.34 Å². The Morgan fingerprint density at radius 1 is 1.12 bits per heavy atom. The lowest BCUT2D eigenvalue weighted by molar-refractivity contribution is -0.132. The molecule has 2 aliphatic rings. The molecule has 1 saturated heterocycles. The first-order chi connectivity index (χ1) is 19.3. The first kappa shape index (κ1) is 26.4. The van der Waals surface area contributed by atoms with Crippen molar-refractivity contribution in [1.29, 1.82) is 0 Å². The first-order valence-electron chi connectivity index (χ1n) is 12.4. The van der Waals surface area contributed by atoms with E-state index >= 15 is 0 Å². The predicted octanol–water partition coefficient (Wildman–Crippen LogP) is 6.14. The number of phenolic OH excluding ortho intramolecular Hbond substituents is 1. The molecule has 11 heteroatoms. The van der Waals surface area contributed by atoms with Crippen LogP contribution in [-0.2, 0) is 21.8 Å². The zero-order valence-electron chi connectivity index (χ0n) is 21.1. The van der Waals surface area contributed by atoms with E-state index in [4.69, 9.17) is 16.3 Å². The number of rotatable bonds is 6. The number of aromatic hydroxyl groups is 1. The highest BCUT2D eigenvalue weighted by molar-refractivity contribution is 8.00. The number of hydrogen-bond donors (Lipinski definition) is 2. The molecule has 0 unspecified atom stereocenters. The van der Waals surface area contributed by atoms with E-state index in [-0.39, 0.29) is 28.3 Å². The van der Waals surface area contributed by atoms with Crippen molar-refractivity contribution in [2.24, 2.45) is 0 Å². The number of Topliss-reactive ketones (excluding diaryl/α,β-unsaturated/α-hetero) is 1. The maximum atomic E-state index is 13.5. The van der Waals surface area contributed by atoms with Gasteiger partial charge < -0.3 is 14.9 Å². The van der Waals surface area contributed by atoms with Gasteiger partial charge in [-0.05, 0) is 60.0 Å². The van der Waals surface area contributed by atoms with E-state index in [9.17, 15) is 19.8 Å². The lowest BCUT2D eigenvalue weighted by Gasteiger charge is -2.22. The summed E-state index contributed by atoms with van der Waals surface area (Å²) in [5, 5.41) is 30.9. The number of aromatic nitrogens is 2. The van der Waals surface area contributed by atoms with Crippen molar-refractivity contribution in [1.82, 2.24) is 10.2 Å². The molecular weight excluding hydrogens is 570 g/mol. The number of amides is 1. The fraction of sp³-hybridized carbons (Fsp3) is 0.172. The van der Waals surface area contributed by atoms with Crippen LogP contribution in [0.2, 0.25) is 5.02 Å². The molecule has 1 fully saturated rings. The highest BCUT2D eigenvalue weighted by Crippen LogP contribution is 2.45. The predicted molar refractivity (Wildman–Crippen MR) is 154 cm³/mol. The van der Waals surface area contributed by atoms with Crippen molar-refractivity contribution < 1.29 is 24.5 Å². The highest BCUT2D eigenvalue weighted by atomic mass is 35.5. The van der Waals surface area contributed by atoms with Gasteiger partial charge in [-0.15, -0.1) is 10.2 Å². The lowest BCUT2D eigenvalue weighted by Crippen LogP contribution is -2.29. The summed E-state index contributed by atoms with van der Waals surface area (Å²) in [6.07, 6.45) is 0.674. The van der Waals surface area contributed by atoms with Gasteiger partial charge in [-0.2, -0.15) is 0 Å². The second kappa shape index (κ2) is 10.6. The minimum absolute atomic E-state index is 0.00709. The Kier molecular flexibility index (Phi) is 6.99. The van der Waals surface area contributed by atoms with Gasteiger partial charge in [-0.25, -0.2) is 0 Å². The van der Waals surface area contributed by atoms with Crippen LogP contribution in [0.5, 0.6) is 11.5 Å². The van der Waals surface area contributed by atoms with E-state index in [0.29, 0.717) is 32.7 Å². The number of nitrogens with zero attached hydrogens (tertiary/aromatic N) is 3. The molecule has 2 atom stereocenters. The Morgan fingerprint density at radius 3 is 2.75 bits per heavy atom. The molecular formula is C29H22ClN3O5S2. The molecule has 8 nitrogen and oxygen atoms in total. The summed E-state index contributed by atoms with van der Waals surface area (Å²) >= 11 is 8.84. The van der Waals surface area contributed by atoms with Gasteiger partial charge in [0.2, 0.25) is 5.13 Å². The van der Waals surface area contributed by atoms with Gasteiger partial charge in [-0.3, -0.25) is 14.5 Å². The van der Waals surface area contributed by atoms with Crippen molar-refractivity contribution in [2.45, 2.75) is 35.6 Å². The third kappa shape index (κ3) is 4.83. The number of ketones is 1. The number of aliphatic hydroxyl groups excluding tert-OH is 1. The van der Waals surface area contributed by atoms with E-state index < -0.39 is 17.7 Å². The summed E-state index contributed by atoms with van der Waals surface area (Å²) in [4.78, 5) is 28.1. The van der Waals surface area contributed by atoms with E-state index in [1.165, 1.54) is 28.8 Å². The zero-order valence-corrected chi connectivity index (χ0v) is 23.5. The van der Waals surface area contributed by atoms with Crippen LogP contribution in [0.4, 0.5) is 5.13 Å². The smallest absolute Gasteiger partial charge is 0.301 e. The lowest BCUT2D eigenvalue weighted by atomic mass is 9.94. The van der Waals surface area contributed by atoms with Crippen LogP contribution in [-0.4, -0.2) is 38.2 Å². The summed E-state index contributed by atoms with van der Waals surface area (Å²) in [6, 6.07) is 17.9. The van der Waals surface area contributed by atoms with Gasteiger partial charge in [0, 0.05) is 22.8 Å². The van der Waals surface area contributed by atoms with Gasteiger partial charge in [0.25, 0.3) is 5.78 Å². The molecule has 0 aliphatic carbocycles. The fourth-order valence-corrected chi connectivity index (χ4v) is 7.03. The molecule has 2 aliphatic heterocycles. The van der Waals surface area contributed by atoms with Crippen LogP contribution < -0.4 is 9.64 Å². The van der Waals surface area contributed by atoms with Crippen LogP contribution in [0.3, 0.4) is 0 Å². The number of carbonyl (C=O) groups is 2. The average Bonchev–Trinajstić information content (AvgIpc) is 3.63. The number of aliphatic hydroxyl groups is 1. The molecule has 4 aromatic rings. The summed E-state index contributed by atoms with van der Waals surface area (Å²) in [6.45, 7) is 1.95. The maximum Gasteiger partial charge on any atom is 0.301 e. The highest BCUT2D eigenvalue weighted by Gasteiger charge is 2.48. The van der Waals surface area contributed by atoms with Crippen LogP contribution in [0, 0.1) is 0 Å². The Hall–Kier alpha value is -3.86. The number of thioether (sulfide) groups is 1. The van der Waals surface area contributed by atoms with Crippen molar-refractivity contribution in [3.63, 3.8) is 0 Å². The van der Waals surface area contributed by atoms with Gasteiger partial charge >= 0.3 is 5.91 Å². The first-order valence-corrected chi connectivity index (χ1v) is 14.6. The summed E-state index contributed by atoms with van der Waals surface area (Å²) in [5.74, 6) is -0.772. The number of phenols is 1. The average molecular weight is 592 g/mol. The normalized spacial score (nSPS) is 19.6. The molecule has 3 aromatic carbocycles.